The van der Waals surface area contributed by atoms with Crippen LogP contribution >= 0.6 is 0 Å². The van der Waals surface area contributed by atoms with Gasteiger partial charge in [0.1, 0.15) is 6.61 Å². The summed E-state index contributed by atoms with van der Waals surface area (Å²) in [5.74, 6) is 0.361. The van der Waals surface area contributed by atoms with Gasteiger partial charge in [-0.05, 0) is 18.6 Å². The minimum absolute atomic E-state index is 0.114. The molecule has 0 saturated heterocycles. The van der Waals surface area contributed by atoms with Gasteiger partial charge in [0.2, 0.25) is 12.0 Å². The van der Waals surface area contributed by atoms with E-state index in [2.05, 4.69) is 10.9 Å². The van der Waals surface area contributed by atoms with E-state index in [0.29, 0.717) is 11.5 Å². The SMILES string of the molecule is CCCC(C)C(=O)NNC(=O)C1COc2ccccc2O1. The Morgan fingerprint density at radius 1 is 1.29 bits per heavy atom. The number of fused-ring (bicyclic) bond motifs is 1. The average molecular weight is 292 g/mol. The van der Waals surface area contributed by atoms with Crippen LogP contribution in [0.4, 0.5) is 0 Å². The van der Waals surface area contributed by atoms with Crippen LogP contribution in [0, 0.1) is 5.92 Å². The lowest BCUT2D eigenvalue weighted by atomic mass is 10.1. The lowest BCUT2D eigenvalue weighted by molar-refractivity contribution is -0.136. The molecule has 2 amide bonds. The van der Waals surface area contributed by atoms with E-state index in [0.717, 1.165) is 12.8 Å². The zero-order valence-electron chi connectivity index (χ0n) is 12.2. The lowest BCUT2D eigenvalue weighted by Crippen LogP contribution is -2.51. The number of hydrazine groups is 1. The zero-order valence-corrected chi connectivity index (χ0v) is 12.2. The number of para-hydroxylation sites is 2. The molecule has 2 atom stereocenters. The molecule has 0 aromatic heterocycles. The first-order chi connectivity index (χ1) is 10.1. The second kappa shape index (κ2) is 6.97. The molecule has 1 heterocycles. The molecule has 0 aliphatic carbocycles. The number of ether oxygens (including phenoxy) is 2. The fourth-order valence-electron chi connectivity index (χ4n) is 2.04. The molecule has 2 N–H and O–H groups in total. The number of rotatable bonds is 4. The summed E-state index contributed by atoms with van der Waals surface area (Å²) in [7, 11) is 0. The Bertz CT molecular complexity index is 518. The summed E-state index contributed by atoms with van der Waals surface area (Å²) in [5, 5.41) is 0. The number of hydrogen-bond acceptors (Lipinski definition) is 4. The van der Waals surface area contributed by atoms with Gasteiger partial charge in [-0.3, -0.25) is 20.4 Å². The molecule has 6 nitrogen and oxygen atoms in total. The van der Waals surface area contributed by atoms with E-state index < -0.39 is 12.0 Å². The van der Waals surface area contributed by atoms with Crippen molar-refractivity contribution < 1.29 is 19.1 Å². The minimum Gasteiger partial charge on any atom is -0.485 e. The van der Waals surface area contributed by atoms with Crippen molar-refractivity contribution in [2.24, 2.45) is 5.92 Å². The summed E-state index contributed by atoms with van der Waals surface area (Å²) >= 11 is 0. The van der Waals surface area contributed by atoms with Gasteiger partial charge < -0.3 is 9.47 Å². The van der Waals surface area contributed by atoms with Crippen LogP contribution in [0.25, 0.3) is 0 Å². The fraction of sp³-hybridized carbons (Fsp3) is 0.467. The molecule has 0 saturated carbocycles. The van der Waals surface area contributed by atoms with Crippen molar-refractivity contribution >= 4 is 11.8 Å². The van der Waals surface area contributed by atoms with Crippen molar-refractivity contribution in [3.8, 4) is 11.5 Å². The van der Waals surface area contributed by atoms with E-state index in [-0.39, 0.29) is 18.4 Å². The Morgan fingerprint density at radius 2 is 2.00 bits per heavy atom. The lowest BCUT2D eigenvalue weighted by Gasteiger charge is -2.25. The molecular formula is C15H20N2O4. The summed E-state index contributed by atoms with van der Waals surface area (Å²) in [6.45, 7) is 3.94. The molecule has 1 aliphatic rings. The normalized spacial score (nSPS) is 17.7. The summed E-state index contributed by atoms with van der Waals surface area (Å²) < 4.78 is 11.0. The summed E-state index contributed by atoms with van der Waals surface area (Å²) in [4.78, 5) is 23.7. The number of benzene rings is 1. The van der Waals surface area contributed by atoms with Gasteiger partial charge in [0.05, 0.1) is 0 Å². The van der Waals surface area contributed by atoms with E-state index in [1.54, 1.807) is 18.2 Å². The van der Waals surface area contributed by atoms with Crippen molar-refractivity contribution in [3.63, 3.8) is 0 Å². The van der Waals surface area contributed by atoms with Gasteiger partial charge in [0.25, 0.3) is 5.91 Å². The standard InChI is InChI=1S/C15H20N2O4/c1-3-6-10(2)14(18)16-17-15(19)13-9-20-11-7-4-5-8-12(11)21-13/h4-5,7-8,10,13H,3,6,9H2,1-2H3,(H,16,18)(H,17,19). The first kappa shape index (κ1) is 15.2. The van der Waals surface area contributed by atoms with Gasteiger partial charge in [-0.25, -0.2) is 0 Å². The monoisotopic (exact) mass is 292 g/mol. The third-order valence-electron chi connectivity index (χ3n) is 3.28. The maximum atomic E-state index is 12.0. The highest BCUT2D eigenvalue weighted by Gasteiger charge is 2.27. The number of amides is 2. The quantitative estimate of drug-likeness (QED) is 0.823. The van der Waals surface area contributed by atoms with E-state index >= 15 is 0 Å². The number of carbonyl (C=O) groups excluding carboxylic acids is 2. The maximum absolute atomic E-state index is 12.0. The smallest absolute Gasteiger partial charge is 0.283 e. The molecule has 1 aromatic rings. The third kappa shape index (κ3) is 3.87. The average Bonchev–Trinajstić information content (AvgIpc) is 2.52. The topological polar surface area (TPSA) is 76.7 Å². The molecule has 1 aromatic carbocycles. The molecule has 0 spiro atoms. The van der Waals surface area contributed by atoms with Gasteiger partial charge >= 0.3 is 0 Å². The first-order valence-corrected chi connectivity index (χ1v) is 7.10. The van der Waals surface area contributed by atoms with E-state index in [1.165, 1.54) is 0 Å². The highest BCUT2D eigenvalue weighted by Crippen LogP contribution is 2.30. The third-order valence-corrected chi connectivity index (χ3v) is 3.28. The van der Waals surface area contributed by atoms with Crippen LogP contribution in [-0.2, 0) is 9.59 Å². The number of hydrogen-bond donors (Lipinski definition) is 2. The Kier molecular flexibility index (Phi) is 5.03. The second-order valence-corrected chi connectivity index (χ2v) is 5.03. The fourth-order valence-corrected chi connectivity index (χ4v) is 2.04. The van der Waals surface area contributed by atoms with E-state index in [1.807, 2.05) is 19.9 Å². The van der Waals surface area contributed by atoms with Crippen molar-refractivity contribution in [1.82, 2.24) is 10.9 Å². The molecule has 6 heteroatoms. The van der Waals surface area contributed by atoms with Crippen LogP contribution in [0.1, 0.15) is 26.7 Å². The maximum Gasteiger partial charge on any atom is 0.283 e. The molecule has 0 bridgehead atoms. The van der Waals surface area contributed by atoms with Crippen molar-refractivity contribution in [1.29, 1.82) is 0 Å². The van der Waals surface area contributed by atoms with Gasteiger partial charge in [0, 0.05) is 5.92 Å². The molecule has 0 fully saturated rings. The molecule has 114 valence electrons. The molecule has 21 heavy (non-hydrogen) atoms. The van der Waals surface area contributed by atoms with Gasteiger partial charge in [0.15, 0.2) is 11.5 Å². The van der Waals surface area contributed by atoms with Crippen molar-refractivity contribution in [2.45, 2.75) is 32.8 Å². The molecule has 2 rings (SSSR count). The summed E-state index contributed by atoms with van der Waals surface area (Å²) in [6.07, 6.45) is 0.915. The number of nitrogens with one attached hydrogen (secondary N) is 2. The predicted molar refractivity (Wildman–Crippen MR) is 76.7 cm³/mol. The second-order valence-electron chi connectivity index (χ2n) is 5.03. The minimum atomic E-state index is -0.776. The molecular weight excluding hydrogens is 272 g/mol. The molecule has 2 unspecified atom stereocenters. The Hall–Kier alpha value is -2.24. The summed E-state index contributed by atoms with van der Waals surface area (Å²) in [5.41, 5.74) is 4.79. The summed E-state index contributed by atoms with van der Waals surface area (Å²) in [6, 6.07) is 7.14. The largest absolute Gasteiger partial charge is 0.485 e. The van der Waals surface area contributed by atoms with Crippen molar-refractivity contribution in [3.05, 3.63) is 24.3 Å². The van der Waals surface area contributed by atoms with E-state index in [9.17, 15) is 9.59 Å². The van der Waals surface area contributed by atoms with Crippen LogP contribution in [0.3, 0.4) is 0 Å². The first-order valence-electron chi connectivity index (χ1n) is 7.10. The highest BCUT2D eigenvalue weighted by atomic mass is 16.6. The van der Waals surface area contributed by atoms with Crippen LogP contribution in [0.5, 0.6) is 11.5 Å². The molecule has 0 radical (unpaired) electrons. The zero-order chi connectivity index (χ0) is 15.2. The van der Waals surface area contributed by atoms with Crippen LogP contribution in [0.15, 0.2) is 24.3 Å². The van der Waals surface area contributed by atoms with Crippen LogP contribution < -0.4 is 20.3 Å². The Balaban J connectivity index is 1.84. The highest BCUT2D eigenvalue weighted by molar-refractivity contribution is 5.85. The van der Waals surface area contributed by atoms with Crippen LogP contribution in [0.2, 0.25) is 0 Å². The number of carbonyl (C=O) groups is 2. The Morgan fingerprint density at radius 3 is 2.71 bits per heavy atom. The van der Waals surface area contributed by atoms with E-state index in [4.69, 9.17) is 9.47 Å². The van der Waals surface area contributed by atoms with Crippen molar-refractivity contribution in [2.75, 3.05) is 6.61 Å². The van der Waals surface area contributed by atoms with Crippen LogP contribution in [-0.4, -0.2) is 24.5 Å². The van der Waals surface area contributed by atoms with Gasteiger partial charge in [-0.15, -0.1) is 0 Å². The Labute approximate surface area is 123 Å². The van der Waals surface area contributed by atoms with Gasteiger partial charge in [-0.2, -0.15) is 0 Å². The molecule has 1 aliphatic heterocycles. The van der Waals surface area contributed by atoms with Gasteiger partial charge in [-0.1, -0.05) is 32.4 Å². The predicted octanol–water partition coefficient (Wildman–Crippen LogP) is 1.41.